The Balaban J connectivity index is 2.46. The van der Waals surface area contributed by atoms with E-state index in [4.69, 9.17) is 5.21 Å². The van der Waals surface area contributed by atoms with Crippen LogP contribution >= 0.6 is 0 Å². The van der Waals surface area contributed by atoms with Crippen LogP contribution in [-0.2, 0) is 0 Å². The van der Waals surface area contributed by atoms with Crippen molar-refractivity contribution in [2.45, 2.75) is 0 Å². The second-order valence-corrected chi connectivity index (χ2v) is 3.50. The third-order valence-corrected chi connectivity index (χ3v) is 2.49. The van der Waals surface area contributed by atoms with E-state index in [1.165, 1.54) is 0 Å². The van der Waals surface area contributed by atoms with Gasteiger partial charge >= 0.3 is 0 Å². The summed E-state index contributed by atoms with van der Waals surface area (Å²) < 4.78 is 0. The van der Waals surface area contributed by atoms with Crippen LogP contribution in [0.25, 0.3) is 22.1 Å². The first-order valence-electron chi connectivity index (χ1n) is 4.94. The quantitative estimate of drug-likeness (QED) is 0.479. The van der Waals surface area contributed by atoms with Crippen molar-refractivity contribution in [2.24, 2.45) is 0 Å². The minimum absolute atomic E-state index is 0.566. The van der Waals surface area contributed by atoms with Crippen LogP contribution in [-0.4, -0.2) is 15.2 Å². The molecule has 0 aliphatic rings. The lowest BCUT2D eigenvalue weighted by Crippen LogP contribution is -1.94. The summed E-state index contributed by atoms with van der Waals surface area (Å²) >= 11 is 0. The van der Waals surface area contributed by atoms with Gasteiger partial charge in [-0.2, -0.15) is 0 Å². The van der Waals surface area contributed by atoms with Gasteiger partial charge in [-0.1, -0.05) is 18.2 Å². The normalized spacial score (nSPS) is 10.8. The first-order chi connectivity index (χ1) is 7.88. The smallest absolute Gasteiger partial charge is 0.115 e. The van der Waals surface area contributed by atoms with E-state index in [1.807, 2.05) is 36.4 Å². The molecule has 2 N–H and O–H groups in total. The lowest BCUT2D eigenvalue weighted by molar-refractivity contribution is 0.389. The molecule has 4 heteroatoms. The molecule has 78 valence electrons. The summed E-state index contributed by atoms with van der Waals surface area (Å²) in [6.45, 7) is 0. The van der Waals surface area contributed by atoms with Crippen molar-refractivity contribution in [1.82, 2.24) is 9.97 Å². The van der Waals surface area contributed by atoms with Crippen LogP contribution in [0.15, 0.2) is 42.5 Å². The number of rotatable bonds is 1. The number of nitrogens with zero attached hydrogens (tertiary/aromatic N) is 2. The van der Waals surface area contributed by atoms with Gasteiger partial charge < -0.3 is 0 Å². The highest BCUT2D eigenvalue weighted by Gasteiger charge is 2.04. The molecule has 0 spiro atoms. The highest BCUT2D eigenvalue weighted by atomic mass is 16.5. The number of para-hydroxylation sites is 3. The number of anilines is 1. The molecule has 3 rings (SSSR count). The number of benzene rings is 2. The number of hydrogen-bond donors (Lipinski definition) is 2. The van der Waals surface area contributed by atoms with Crippen molar-refractivity contribution < 1.29 is 5.21 Å². The number of aromatic nitrogens is 2. The van der Waals surface area contributed by atoms with E-state index in [-0.39, 0.29) is 0 Å². The van der Waals surface area contributed by atoms with Gasteiger partial charge in [0.25, 0.3) is 0 Å². The van der Waals surface area contributed by atoms with Gasteiger partial charge in [0.1, 0.15) is 5.52 Å². The van der Waals surface area contributed by atoms with Crippen molar-refractivity contribution in [3.05, 3.63) is 42.5 Å². The SMILES string of the molecule is ONc1cccc2nc3ccccc3nc12. The summed E-state index contributed by atoms with van der Waals surface area (Å²) in [5, 5.41) is 8.99. The van der Waals surface area contributed by atoms with E-state index in [0.29, 0.717) is 11.2 Å². The van der Waals surface area contributed by atoms with Crippen LogP contribution < -0.4 is 5.48 Å². The van der Waals surface area contributed by atoms with Crippen LogP contribution in [0, 0.1) is 0 Å². The molecular weight excluding hydrogens is 202 g/mol. The fourth-order valence-corrected chi connectivity index (χ4v) is 1.73. The molecule has 2 aromatic carbocycles. The molecule has 0 saturated carbocycles. The molecule has 0 unspecified atom stereocenters. The molecule has 0 aliphatic carbocycles. The summed E-state index contributed by atoms with van der Waals surface area (Å²) in [7, 11) is 0. The third-order valence-electron chi connectivity index (χ3n) is 2.49. The van der Waals surface area contributed by atoms with Crippen LogP contribution in [0.5, 0.6) is 0 Å². The Bertz CT molecular complexity index is 667. The van der Waals surface area contributed by atoms with Crippen LogP contribution in [0.3, 0.4) is 0 Å². The molecule has 0 aliphatic heterocycles. The average Bonchev–Trinajstić information content (AvgIpc) is 2.35. The zero-order valence-corrected chi connectivity index (χ0v) is 8.38. The lowest BCUT2D eigenvalue weighted by Gasteiger charge is -2.04. The number of nitrogens with one attached hydrogen (secondary N) is 1. The minimum atomic E-state index is 0.566. The summed E-state index contributed by atoms with van der Waals surface area (Å²) in [4.78, 5) is 8.94. The van der Waals surface area contributed by atoms with Gasteiger partial charge in [0.2, 0.25) is 0 Å². The molecular formula is C12H9N3O. The van der Waals surface area contributed by atoms with Crippen molar-refractivity contribution in [3.8, 4) is 0 Å². The molecule has 16 heavy (non-hydrogen) atoms. The average molecular weight is 211 g/mol. The highest BCUT2D eigenvalue weighted by Crippen LogP contribution is 2.22. The predicted octanol–water partition coefficient (Wildman–Crippen LogP) is 2.58. The van der Waals surface area contributed by atoms with Crippen LogP contribution in [0.2, 0.25) is 0 Å². The van der Waals surface area contributed by atoms with E-state index in [2.05, 4.69) is 15.4 Å². The van der Waals surface area contributed by atoms with Gasteiger partial charge in [-0.3, -0.25) is 10.7 Å². The first-order valence-corrected chi connectivity index (χ1v) is 4.94. The van der Waals surface area contributed by atoms with Crippen molar-refractivity contribution >= 4 is 27.8 Å². The van der Waals surface area contributed by atoms with E-state index in [0.717, 1.165) is 16.6 Å². The maximum atomic E-state index is 8.99. The molecule has 3 aromatic rings. The monoisotopic (exact) mass is 211 g/mol. The van der Waals surface area contributed by atoms with E-state index in [1.54, 1.807) is 6.07 Å². The minimum Gasteiger partial charge on any atom is -0.291 e. The van der Waals surface area contributed by atoms with Gasteiger partial charge in [0.15, 0.2) is 0 Å². The fourth-order valence-electron chi connectivity index (χ4n) is 1.73. The van der Waals surface area contributed by atoms with E-state index < -0.39 is 0 Å². The van der Waals surface area contributed by atoms with Crippen molar-refractivity contribution in [1.29, 1.82) is 0 Å². The van der Waals surface area contributed by atoms with Gasteiger partial charge in [0.05, 0.1) is 22.2 Å². The van der Waals surface area contributed by atoms with Gasteiger partial charge in [-0.25, -0.2) is 9.97 Å². The Morgan fingerprint density at radius 3 is 2.25 bits per heavy atom. The fraction of sp³-hybridized carbons (Fsp3) is 0. The van der Waals surface area contributed by atoms with E-state index in [9.17, 15) is 0 Å². The number of hydrogen-bond acceptors (Lipinski definition) is 4. The van der Waals surface area contributed by atoms with E-state index >= 15 is 0 Å². The summed E-state index contributed by atoms with van der Waals surface area (Å²) in [5.74, 6) is 0. The van der Waals surface area contributed by atoms with Gasteiger partial charge in [-0.15, -0.1) is 0 Å². The topological polar surface area (TPSA) is 58.0 Å². The Kier molecular flexibility index (Phi) is 1.94. The van der Waals surface area contributed by atoms with Gasteiger partial charge in [0, 0.05) is 0 Å². The molecule has 0 fully saturated rings. The van der Waals surface area contributed by atoms with Crippen molar-refractivity contribution in [2.75, 3.05) is 5.48 Å². The van der Waals surface area contributed by atoms with Gasteiger partial charge in [-0.05, 0) is 24.3 Å². The highest BCUT2D eigenvalue weighted by molar-refractivity contribution is 5.93. The van der Waals surface area contributed by atoms with Crippen molar-refractivity contribution in [3.63, 3.8) is 0 Å². The molecule has 0 radical (unpaired) electrons. The zero-order valence-electron chi connectivity index (χ0n) is 8.38. The number of fused-ring (bicyclic) bond motifs is 2. The molecule has 0 atom stereocenters. The second-order valence-electron chi connectivity index (χ2n) is 3.50. The molecule has 1 aromatic heterocycles. The second kappa shape index (κ2) is 3.43. The largest absolute Gasteiger partial charge is 0.291 e. The maximum absolute atomic E-state index is 8.99. The lowest BCUT2D eigenvalue weighted by atomic mass is 10.2. The Hall–Kier alpha value is -2.20. The van der Waals surface area contributed by atoms with Crippen LogP contribution in [0.1, 0.15) is 0 Å². The predicted molar refractivity (Wildman–Crippen MR) is 62.5 cm³/mol. The molecule has 0 amide bonds. The Morgan fingerprint density at radius 2 is 1.50 bits per heavy atom. The Morgan fingerprint density at radius 1 is 0.812 bits per heavy atom. The molecule has 1 heterocycles. The standard InChI is InChI=1S/C12H9N3O/c16-15-11-7-3-6-10-12(11)14-9-5-2-1-4-8(9)13-10/h1-7,15-16H. The molecule has 0 bridgehead atoms. The molecule has 4 nitrogen and oxygen atoms in total. The molecule has 0 saturated heterocycles. The maximum Gasteiger partial charge on any atom is 0.115 e. The van der Waals surface area contributed by atoms with Crippen LogP contribution in [0.4, 0.5) is 5.69 Å². The summed E-state index contributed by atoms with van der Waals surface area (Å²) in [5.41, 5.74) is 5.80. The summed E-state index contributed by atoms with van der Waals surface area (Å²) in [6, 6.07) is 13.1. The first kappa shape index (κ1) is 9.06. The zero-order chi connectivity index (χ0) is 11.0. The Labute approximate surface area is 91.5 Å². The third kappa shape index (κ3) is 1.28. The summed E-state index contributed by atoms with van der Waals surface area (Å²) in [6.07, 6.45) is 0.